The Balaban J connectivity index is 2.11. The molecular weight excluding hydrogens is 443 g/mol. The molecule has 0 spiro atoms. The lowest BCUT2D eigenvalue weighted by Crippen LogP contribution is -2.11. The Morgan fingerprint density at radius 1 is 1.06 bits per heavy atom. The summed E-state index contributed by atoms with van der Waals surface area (Å²) >= 11 is 1.16. The van der Waals surface area contributed by atoms with Gasteiger partial charge >= 0.3 is 0 Å². The van der Waals surface area contributed by atoms with Crippen molar-refractivity contribution in [2.24, 2.45) is 0 Å². The van der Waals surface area contributed by atoms with Gasteiger partial charge in [-0.25, -0.2) is 12.8 Å². The summed E-state index contributed by atoms with van der Waals surface area (Å²) in [6.45, 7) is 3.93. The average molecular weight is 467 g/mol. The van der Waals surface area contributed by atoms with Crippen LogP contribution in [-0.2, 0) is 22.0 Å². The van der Waals surface area contributed by atoms with Crippen LogP contribution in [0.1, 0.15) is 23.6 Å². The maximum absolute atomic E-state index is 13.6. The molecule has 0 saturated heterocycles. The lowest BCUT2D eigenvalue weighted by atomic mass is 10.1. The fourth-order valence-corrected chi connectivity index (χ4v) is 5.72. The molecule has 3 rings (SSSR count). The minimum atomic E-state index is -4.05. The van der Waals surface area contributed by atoms with Crippen LogP contribution in [0.4, 0.5) is 10.1 Å². The number of aryl methyl sites for hydroxylation is 2. The van der Waals surface area contributed by atoms with E-state index in [0.717, 1.165) is 35.0 Å². The van der Waals surface area contributed by atoms with E-state index in [1.165, 1.54) is 24.3 Å². The highest BCUT2D eigenvalue weighted by molar-refractivity contribution is 8.04. The molecule has 1 N–H and O–H groups in total. The standard InChI is InChI=1S/C25H23FN2O2S2/c1-3-20-11-7-9-18(2)24(20)28-25(31-17-19-10-8-12-21(26)15-19)23(16-27)32(29,30)22-13-5-4-6-14-22/h4-15,28H,3,17H2,1-2H3/b25-23+. The number of para-hydroxylation sites is 1. The third-order valence-corrected chi connectivity index (χ3v) is 7.81. The minimum absolute atomic E-state index is 0.0442. The van der Waals surface area contributed by atoms with Gasteiger partial charge < -0.3 is 5.32 Å². The third-order valence-electron chi connectivity index (χ3n) is 4.88. The maximum Gasteiger partial charge on any atom is 0.219 e. The predicted molar refractivity (Wildman–Crippen MR) is 128 cm³/mol. The molecule has 7 heteroatoms. The number of nitrogens with zero attached hydrogens (tertiary/aromatic N) is 1. The molecule has 0 heterocycles. The van der Waals surface area contributed by atoms with Gasteiger partial charge in [-0.05, 0) is 54.3 Å². The first kappa shape index (κ1) is 23.6. The molecule has 0 aliphatic heterocycles. The Morgan fingerprint density at radius 2 is 1.78 bits per heavy atom. The number of halogens is 1. The van der Waals surface area contributed by atoms with E-state index in [4.69, 9.17) is 0 Å². The number of rotatable bonds is 8. The molecule has 0 aliphatic rings. The minimum Gasteiger partial charge on any atom is -0.348 e. The summed E-state index contributed by atoms with van der Waals surface area (Å²) in [6, 6.07) is 21.7. The fraction of sp³-hybridized carbons (Fsp3) is 0.160. The van der Waals surface area contributed by atoms with Gasteiger partial charge in [0.05, 0.1) is 4.90 Å². The molecule has 0 bridgehead atoms. The van der Waals surface area contributed by atoms with E-state index in [0.29, 0.717) is 11.3 Å². The van der Waals surface area contributed by atoms with E-state index >= 15 is 0 Å². The summed E-state index contributed by atoms with van der Waals surface area (Å²) in [5.41, 5.74) is 3.39. The monoisotopic (exact) mass is 466 g/mol. The van der Waals surface area contributed by atoms with E-state index in [2.05, 4.69) is 5.32 Å². The molecule has 0 unspecified atom stereocenters. The van der Waals surface area contributed by atoms with Crippen LogP contribution in [0, 0.1) is 24.1 Å². The van der Waals surface area contributed by atoms with Crippen LogP contribution in [0.15, 0.2) is 87.6 Å². The second-order valence-corrected chi connectivity index (χ2v) is 9.96. The number of benzene rings is 3. The molecule has 32 heavy (non-hydrogen) atoms. The first-order valence-electron chi connectivity index (χ1n) is 10.0. The van der Waals surface area contributed by atoms with Gasteiger partial charge in [-0.3, -0.25) is 0 Å². The van der Waals surface area contributed by atoms with Crippen molar-refractivity contribution in [2.45, 2.75) is 30.9 Å². The topological polar surface area (TPSA) is 70.0 Å². The van der Waals surface area contributed by atoms with E-state index in [1.807, 2.05) is 38.1 Å². The average Bonchev–Trinajstić information content (AvgIpc) is 2.79. The van der Waals surface area contributed by atoms with E-state index in [1.54, 1.807) is 30.3 Å². The van der Waals surface area contributed by atoms with Crippen LogP contribution in [0.5, 0.6) is 0 Å². The number of allylic oxidation sites excluding steroid dienone is 1. The van der Waals surface area contributed by atoms with Gasteiger partial charge in [-0.2, -0.15) is 5.26 Å². The fourth-order valence-electron chi connectivity index (χ4n) is 3.21. The highest BCUT2D eigenvalue weighted by atomic mass is 32.2. The van der Waals surface area contributed by atoms with Crippen molar-refractivity contribution in [2.75, 3.05) is 5.32 Å². The maximum atomic E-state index is 13.6. The molecule has 0 radical (unpaired) electrons. The van der Waals surface area contributed by atoms with Crippen LogP contribution in [0.3, 0.4) is 0 Å². The molecule has 4 nitrogen and oxygen atoms in total. The molecule has 0 fully saturated rings. The normalized spacial score (nSPS) is 12.1. The lowest BCUT2D eigenvalue weighted by Gasteiger charge is -2.18. The van der Waals surface area contributed by atoms with Crippen molar-refractivity contribution < 1.29 is 12.8 Å². The first-order chi connectivity index (χ1) is 15.4. The van der Waals surface area contributed by atoms with Crippen molar-refractivity contribution in [3.8, 4) is 6.07 Å². The smallest absolute Gasteiger partial charge is 0.219 e. The number of nitriles is 1. The van der Waals surface area contributed by atoms with Crippen molar-refractivity contribution in [1.82, 2.24) is 0 Å². The van der Waals surface area contributed by atoms with Crippen LogP contribution >= 0.6 is 11.8 Å². The zero-order valence-corrected chi connectivity index (χ0v) is 19.4. The van der Waals surface area contributed by atoms with Crippen molar-refractivity contribution >= 4 is 27.3 Å². The number of sulfone groups is 1. The number of nitrogens with one attached hydrogen (secondary N) is 1. The molecule has 0 saturated carbocycles. The molecule has 3 aromatic carbocycles. The molecular formula is C25H23FN2O2S2. The Labute approximate surface area is 192 Å². The summed E-state index contributed by atoms with van der Waals surface area (Å²) in [5.74, 6) is -0.0747. The summed E-state index contributed by atoms with van der Waals surface area (Å²) in [7, 11) is -4.05. The highest BCUT2D eigenvalue weighted by Gasteiger charge is 2.26. The lowest BCUT2D eigenvalue weighted by molar-refractivity contribution is 0.603. The summed E-state index contributed by atoms with van der Waals surface area (Å²) in [5, 5.41) is 13.3. The summed E-state index contributed by atoms with van der Waals surface area (Å²) in [4.78, 5) is -0.321. The second-order valence-electron chi connectivity index (χ2n) is 7.09. The van der Waals surface area contributed by atoms with Gasteiger partial charge in [0.2, 0.25) is 9.84 Å². The van der Waals surface area contributed by atoms with Gasteiger partial charge in [0, 0.05) is 11.4 Å². The van der Waals surface area contributed by atoms with Crippen molar-refractivity contribution in [3.63, 3.8) is 0 Å². The highest BCUT2D eigenvalue weighted by Crippen LogP contribution is 2.33. The zero-order chi connectivity index (χ0) is 23.1. The predicted octanol–water partition coefficient (Wildman–Crippen LogP) is 6.21. The molecule has 3 aromatic rings. The molecule has 0 atom stereocenters. The van der Waals surface area contributed by atoms with Gasteiger partial charge in [-0.1, -0.05) is 55.5 Å². The Bertz CT molecular complexity index is 1280. The number of thioether (sulfide) groups is 1. The van der Waals surface area contributed by atoms with Crippen LogP contribution in [-0.4, -0.2) is 8.42 Å². The molecule has 0 amide bonds. The van der Waals surface area contributed by atoms with E-state index in [-0.39, 0.29) is 20.6 Å². The number of hydrogen-bond acceptors (Lipinski definition) is 5. The third kappa shape index (κ3) is 5.39. The molecule has 0 aliphatic carbocycles. The van der Waals surface area contributed by atoms with Gasteiger partial charge in [0.1, 0.15) is 16.9 Å². The Morgan fingerprint density at radius 3 is 2.44 bits per heavy atom. The van der Waals surface area contributed by atoms with E-state index in [9.17, 15) is 18.1 Å². The quantitative estimate of drug-likeness (QED) is 0.400. The summed E-state index contributed by atoms with van der Waals surface area (Å²) < 4.78 is 40.3. The SMILES string of the molecule is CCc1cccc(C)c1N/C(SCc1cccc(F)c1)=C(/C#N)S(=O)(=O)c1ccccc1. The number of anilines is 1. The van der Waals surface area contributed by atoms with Crippen molar-refractivity contribution in [3.05, 3.63) is 105 Å². The second kappa shape index (κ2) is 10.5. The van der Waals surface area contributed by atoms with E-state index < -0.39 is 9.84 Å². The largest absolute Gasteiger partial charge is 0.348 e. The molecule has 164 valence electrons. The van der Waals surface area contributed by atoms with Gasteiger partial charge in [-0.15, -0.1) is 11.8 Å². The Hall–Kier alpha value is -3.08. The van der Waals surface area contributed by atoms with Crippen LogP contribution < -0.4 is 5.32 Å². The zero-order valence-electron chi connectivity index (χ0n) is 17.8. The van der Waals surface area contributed by atoms with Gasteiger partial charge in [0.15, 0.2) is 4.91 Å². The Kier molecular flexibility index (Phi) is 7.73. The van der Waals surface area contributed by atoms with Gasteiger partial charge in [0.25, 0.3) is 0 Å². The number of hydrogen-bond donors (Lipinski definition) is 1. The van der Waals surface area contributed by atoms with Crippen LogP contribution in [0.25, 0.3) is 0 Å². The van der Waals surface area contributed by atoms with Crippen LogP contribution in [0.2, 0.25) is 0 Å². The van der Waals surface area contributed by atoms with Crippen molar-refractivity contribution in [1.29, 1.82) is 5.26 Å². The first-order valence-corrected chi connectivity index (χ1v) is 12.5. The summed E-state index contributed by atoms with van der Waals surface area (Å²) in [6.07, 6.45) is 0.735. The molecule has 0 aromatic heterocycles.